The molecule has 0 bridgehead atoms. The Morgan fingerprint density at radius 2 is 1.87 bits per heavy atom. The summed E-state index contributed by atoms with van der Waals surface area (Å²) in [6.45, 7) is 7.51. The van der Waals surface area contributed by atoms with Crippen LogP contribution in [0.1, 0.15) is 25.3 Å². The Kier molecular flexibility index (Phi) is 6.70. The smallest absolute Gasteiger partial charge is 0.416 e. The summed E-state index contributed by atoms with van der Waals surface area (Å²) in [4.78, 5) is 8.55. The van der Waals surface area contributed by atoms with Crippen LogP contribution in [0.3, 0.4) is 0 Å². The van der Waals surface area contributed by atoms with Crippen LogP contribution in [0.2, 0.25) is 0 Å². The lowest BCUT2D eigenvalue weighted by molar-refractivity contribution is -0.137. The number of likely N-dealkylation sites (tertiary alicyclic amines) is 1. The van der Waals surface area contributed by atoms with Gasteiger partial charge in [-0.1, -0.05) is 12.7 Å². The van der Waals surface area contributed by atoms with Gasteiger partial charge in [0.1, 0.15) is 11.4 Å². The molecule has 1 fully saturated rings. The molecule has 0 amide bonds. The number of piperidine rings is 1. The number of aromatic nitrogens is 1. The molecule has 0 aliphatic carbocycles. The van der Waals surface area contributed by atoms with Gasteiger partial charge in [0.2, 0.25) is 0 Å². The maximum Gasteiger partial charge on any atom is 0.416 e. The minimum atomic E-state index is -4.37. The van der Waals surface area contributed by atoms with Crippen molar-refractivity contribution in [2.24, 2.45) is 0 Å². The van der Waals surface area contributed by atoms with Crippen LogP contribution in [0, 0.1) is 0 Å². The quantitative estimate of drug-likeness (QED) is 0.556. The topological polar surface area (TPSA) is 28.6 Å². The number of nitrogens with zero attached hydrogens (tertiary/aromatic N) is 3. The Bertz CT molecular complexity index is 885. The number of methoxy groups -OCH3 is 1. The van der Waals surface area contributed by atoms with Crippen molar-refractivity contribution in [2.45, 2.75) is 32.0 Å². The molecule has 0 unspecified atom stereocenters. The highest BCUT2D eigenvalue weighted by atomic mass is 19.4. The van der Waals surface area contributed by atoms with Gasteiger partial charge >= 0.3 is 6.18 Å². The van der Waals surface area contributed by atoms with E-state index in [0.717, 1.165) is 49.4 Å². The van der Waals surface area contributed by atoms with E-state index in [4.69, 9.17) is 4.74 Å². The molecule has 0 spiro atoms. The van der Waals surface area contributed by atoms with E-state index in [1.165, 1.54) is 12.1 Å². The van der Waals surface area contributed by atoms with Crippen LogP contribution in [0.25, 0.3) is 0 Å². The number of hydrogen-bond acceptors (Lipinski definition) is 4. The second-order valence-electron chi connectivity index (χ2n) is 7.10. The standard InChI is InChI=1S/C23H26F3N3O/c1-4-18(5-2)28-14-11-20(12-15-28)29(21-16-27-13-10-22(21)30-3)19-8-6-17(7-9-19)23(24,25)26/h4-10,13,16,20H,1,11-12,14-15H2,2-3H3/b18-5+. The van der Waals surface area contributed by atoms with Gasteiger partial charge in [0.15, 0.2) is 0 Å². The van der Waals surface area contributed by atoms with Gasteiger partial charge in [0, 0.05) is 42.8 Å². The lowest BCUT2D eigenvalue weighted by atomic mass is 10.00. The molecule has 0 saturated carbocycles. The molecule has 1 aromatic carbocycles. The number of halogens is 3. The van der Waals surface area contributed by atoms with Crippen molar-refractivity contribution in [3.8, 4) is 5.75 Å². The van der Waals surface area contributed by atoms with E-state index >= 15 is 0 Å². The summed E-state index contributed by atoms with van der Waals surface area (Å²) in [5, 5.41) is 0. The Morgan fingerprint density at radius 1 is 1.20 bits per heavy atom. The summed E-state index contributed by atoms with van der Waals surface area (Å²) >= 11 is 0. The van der Waals surface area contributed by atoms with Gasteiger partial charge in [0.05, 0.1) is 18.9 Å². The fourth-order valence-corrected chi connectivity index (χ4v) is 3.90. The highest BCUT2D eigenvalue weighted by Crippen LogP contribution is 2.39. The Labute approximate surface area is 175 Å². The number of rotatable bonds is 6. The van der Waals surface area contributed by atoms with Crippen molar-refractivity contribution in [3.63, 3.8) is 0 Å². The van der Waals surface area contributed by atoms with E-state index in [2.05, 4.69) is 16.5 Å². The van der Waals surface area contributed by atoms with Gasteiger partial charge in [-0.05, 0) is 50.1 Å². The van der Waals surface area contributed by atoms with Crippen molar-refractivity contribution in [2.75, 3.05) is 25.1 Å². The van der Waals surface area contributed by atoms with Gasteiger partial charge < -0.3 is 14.5 Å². The normalized spacial score (nSPS) is 15.8. The van der Waals surface area contributed by atoms with E-state index in [0.29, 0.717) is 11.4 Å². The van der Waals surface area contributed by atoms with Crippen molar-refractivity contribution >= 4 is 11.4 Å². The number of anilines is 2. The van der Waals surface area contributed by atoms with Crippen LogP contribution in [0.15, 0.2) is 67.2 Å². The van der Waals surface area contributed by atoms with Gasteiger partial charge in [-0.15, -0.1) is 0 Å². The molecule has 0 atom stereocenters. The molecule has 0 N–H and O–H groups in total. The van der Waals surface area contributed by atoms with E-state index in [1.54, 1.807) is 25.6 Å². The number of allylic oxidation sites excluding steroid dienone is 2. The third-order valence-corrected chi connectivity index (χ3v) is 5.41. The molecule has 1 saturated heterocycles. The van der Waals surface area contributed by atoms with Gasteiger partial charge in [-0.3, -0.25) is 4.98 Å². The second-order valence-corrected chi connectivity index (χ2v) is 7.10. The van der Waals surface area contributed by atoms with Crippen molar-refractivity contribution in [3.05, 3.63) is 72.7 Å². The molecule has 3 rings (SSSR count). The summed E-state index contributed by atoms with van der Waals surface area (Å²) < 4.78 is 44.6. The van der Waals surface area contributed by atoms with Crippen molar-refractivity contribution < 1.29 is 17.9 Å². The third-order valence-electron chi connectivity index (χ3n) is 5.41. The van der Waals surface area contributed by atoms with Crippen LogP contribution in [0.5, 0.6) is 5.75 Å². The van der Waals surface area contributed by atoms with E-state index in [1.807, 2.05) is 24.0 Å². The monoisotopic (exact) mass is 417 g/mol. The number of pyridine rings is 1. The zero-order valence-corrected chi connectivity index (χ0v) is 17.2. The van der Waals surface area contributed by atoms with Crippen LogP contribution in [0.4, 0.5) is 24.5 Å². The molecule has 7 heteroatoms. The van der Waals surface area contributed by atoms with Crippen LogP contribution >= 0.6 is 0 Å². The Hall–Kier alpha value is -2.96. The summed E-state index contributed by atoms with van der Waals surface area (Å²) in [5.41, 5.74) is 1.85. The average Bonchev–Trinajstić information content (AvgIpc) is 2.76. The first-order valence-electron chi connectivity index (χ1n) is 9.87. The molecular formula is C23H26F3N3O. The van der Waals surface area contributed by atoms with Crippen molar-refractivity contribution in [1.82, 2.24) is 9.88 Å². The van der Waals surface area contributed by atoms with Gasteiger partial charge in [-0.2, -0.15) is 13.2 Å². The Balaban J connectivity index is 1.94. The van der Waals surface area contributed by atoms with Crippen molar-refractivity contribution in [1.29, 1.82) is 0 Å². The van der Waals surface area contributed by atoms with Gasteiger partial charge in [-0.25, -0.2) is 0 Å². The SMILES string of the molecule is C=C/C(=C\C)N1CCC(N(c2ccc(C(F)(F)F)cc2)c2cnccc2OC)CC1. The molecule has 4 nitrogen and oxygen atoms in total. The van der Waals surface area contributed by atoms with E-state index < -0.39 is 11.7 Å². The number of ether oxygens (including phenoxy) is 1. The molecule has 2 aromatic rings. The molecule has 0 radical (unpaired) electrons. The molecule has 1 aliphatic rings. The highest BCUT2D eigenvalue weighted by molar-refractivity contribution is 5.69. The molecule has 160 valence electrons. The van der Waals surface area contributed by atoms with Gasteiger partial charge in [0.25, 0.3) is 0 Å². The van der Waals surface area contributed by atoms with E-state index in [9.17, 15) is 13.2 Å². The average molecular weight is 417 g/mol. The highest BCUT2D eigenvalue weighted by Gasteiger charge is 2.32. The first-order chi connectivity index (χ1) is 14.4. The number of alkyl halides is 3. The summed E-state index contributed by atoms with van der Waals surface area (Å²) in [7, 11) is 1.58. The first-order valence-corrected chi connectivity index (χ1v) is 9.87. The molecule has 2 heterocycles. The molecular weight excluding hydrogens is 391 g/mol. The lowest BCUT2D eigenvalue weighted by Crippen LogP contribution is -2.42. The zero-order valence-electron chi connectivity index (χ0n) is 17.2. The van der Waals surface area contributed by atoms with Crippen LogP contribution < -0.4 is 9.64 Å². The predicted octanol–water partition coefficient (Wildman–Crippen LogP) is 5.80. The second kappa shape index (κ2) is 9.24. The number of hydrogen-bond donors (Lipinski definition) is 0. The maximum absolute atomic E-state index is 13.0. The zero-order chi connectivity index (χ0) is 21.7. The molecule has 30 heavy (non-hydrogen) atoms. The minimum absolute atomic E-state index is 0.0963. The molecule has 1 aromatic heterocycles. The fraction of sp³-hybridized carbons (Fsp3) is 0.348. The first kappa shape index (κ1) is 21.7. The summed E-state index contributed by atoms with van der Waals surface area (Å²) in [6, 6.07) is 7.13. The predicted molar refractivity (Wildman–Crippen MR) is 113 cm³/mol. The fourth-order valence-electron chi connectivity index (χ4n) is 3.90. The van der Waals surface area contributed by atoms with Crippen LogP contribution in [-0.2, 0) is 6.18 Å². The molecule has 1 aliphatic heterocycles. The lowest BCUT2D eigenvalue weighted by Gasteiger charge is -2.41. The summed E-state index contributed by atoms with van der Waals surface area (Å²) in [5.74, 6) is 0.632. The maximum atomic E-state index is 13.0. The minimum Gasteiger partial charge on any atom is -0.494 e. The van der Waals surface area contributed by atoms with Crippen LogP contribution in [-0.4, -0.2) is 36.1 Å². The van der Waals surface area contributed by atoms with E-state index in [-0.39, 0.29) is 6.04 Å². The Morgan fingerprint density at radius 3 is 2.40 bits per heavy atom. The largest absolute Gasteiger partial charge is 0.494 e. The number of benzene rings is 1. The summed E-state index contributed by atoms with van der Waals surface area (Å²) in [6.07, 6.45) is 4.52. The third kappa shape index (κ3) is 4.61.